The minimum Gasteiger partial charge on any atom is -0.481 e. The van der Waals surface area contributed by atoms with Crippen LogP contribution in [0.5, 0.6) is 0 Å². The lowest BCUT2D eigenvalue weighted by Gasteiger charge is -2.63. The minimum atomic E-state index is -1.79. The zero-order valence-electron chi connectivity index (χ0n) is 24.5. The van der Waals surface area contributed by atoms with Gasteiger partial charge in [-0.15, -0.1) is 0 Å². The fourth-order valence-corrected chi connectivity index (χ4v) is 7.96. The summed E-state index contributed by atoms with van der Waals surface area (Å²) < 4.78 is 0. The average Bonchev–Trinajstić information content (AvgIpc) is 2.95. The summed E-state index contributed by atoms with van der Waals surface area (Å²) in [5, 5.41) is 37.1. The van der Waals surface area contributed by atoms with Crippen molar-refractivity contribution in [3.8, 4) is 0 Å². The third kappa shape index (κ3) is 4.70. The van der Waals surface area contributed by atoms with Gasteiger partial charge in [0.05, 0.1) is 22.5 Å². The molecule has 0 amide bonds. The summed E-state index contributed by atoms with van der Waals surface area (Å²) in [4.78, 5) is 40.6. The molecule has 0 spiro atoms. The Labute approximate surface area is 250 Å². The van der Waals surface area contributed by atoms with Crippen LogP contribution in [-0.4, -0.2) is 57.3 Å². The Morgan fingerprint density at radius 1 is 0.953 bits per heavy atom. The van der Waals surface area contributed by atoms with Gasteiger partial charge in [-0.3, -0.25) is 29.9 Å². The van der Waals surface area contributed by atoms with Crippen molar-refractivity contribution in [2.75, 3.05) is 13.1 Å². The molecule has 2 aliphatic heterocycles. The molecule has 43 heavy (non-hydrogen) atoms. The molecule has 5 rings (SSSR count). The Balaban J connectivity index is 1.67. The lowest BCUT2D eigenvalue weighted by molar-refractivity contribution is -0.385. The van der Waals surface area contributed by atoms with E-state index in [1.54, 1.807) is 26.8 Å². The standard InChI is InChI=1S/C33H38N4O6/c1-20(2)32(30(38)39)21(3)35-29(34)33(31(40)41,28(32)24-15-10-16-26(17-24)37(42)43)25-18-36(19-25)27(22-11-6-4-7-12-22)23-13-8-5-9-14-23/h4-17,20-21,25,27-29,35H,18-19,34H2,1-3H3,(H,38,39)(H,40,41). The van der Waals surface area contributed by atoms with E-state index in [2.05, 4.69) is 10.2 Å². The second-order valence-electron chi connectivity index (χ2n) is 12.2. The van der Waals surface area contributed by atoms with E-state index in [1.165, 1.54) is 18.2 Å². The van der Waals surface area contributed by atoms with E-state index in [0.717, 1.165) is 11.1 Å². The number of nitro groups is 1. The van der Waals surface area contributed by atoms with Crippen LogP contribution in [0.25, 0.3) is 0 Å². The van der Waals surface area contributed by atoms with Crippen LogP contribution >= 0.6 is 0 Å². The van der Waals surface area contributed by atoms with E-state index >= 15 is 0 Å². The Kier molecular flexibility index (Phi) is 8.13. The fraction of sp³-hybridized carbons (Fsp3) is 0.394. The van der Waals surface area contributed by atoms with Crippen molar-refractivity contribution in [3.05, 3.63) is 112 Å². The number of aliphatic carboxylic acids is 2. The lowest BCUT2D eigenvalue weighted by Crippen LogP contribution is -2.78. The van der Waals surface area contributed by atoms with Crippen molar-refractivity contribution >= 4 is 17.6 Å². The van der Waals surface area contributed by atoms with Gasteiger partial charge in [-0.25, -0.2) is 0 Å². The average molecular weight is 587 g/mol. The summed E-state index contributed by atoms with van der Waals surface area (Å²) >= 11 is 0. The van der Waals surface area contributed by atoms with Crippen LogP contribution in [0.1, 0.15) is 49.4 Å². The molecule has 0 saturated carbocycles. The van der Waals surface area contributed by atoms with Crippen LogP contribution in [0.4, 0.5) is 5.69 Å². The summed E-state index contributed by atoms with van der Waals surface area (Å²) in [6.07, 6.45) is -1.12. The van der Waals surface area contributed by atoms with Gasteiger partial charge < -0.3 is 15.9 Å². The smallest absolute Gasteiger partial charge is 0.313 e. The molecule has 0 aliphatic carbocycles. The van der Waals surface area contributed by atoms with Gasteiger partial charge in [-0.05, 0) is 29.5 Å². The number of nitrogens with zero attached hydrogens (tertiary/aromatic N) is 2. The molecule has 0 aromatic heterocycles. The van der Waals surface area contributed by atoms with Crippen LogP contribution in [-0.2, 0) is 9.59 Å². The van der Waals surface area contributed by atoms with Gasteiger partial charge in [0.1, 0.15) is 5.41 Å². The molecule has 0 bridgehead atoms. The molecule has 2 heterocycles. The largest absolute Gasteiger partial charge is 0.481 e. The molecule has 10 nitrogen and oxygen atoms in total. The zero-order valence-corrected chi connectivity index (χ0v) is 24.5. The van der Waals surface area contributed by atoms with Crippen molar-refractivity contribution in [2.24, 2.45) is 28.4 Å². The van der Waals surface area contributed by atoms with Crippen molar-refractivity contribution in [1.82, 2.24) is 10.2 Å². The van der Waals surface area contributed by atoms with Gasteiger partial charge in [-0.1, -0.05) is 86.6 Å². The quantitative estimate of drug-likeness (QED) is 0.210. The van der Waals surface area contributed by atoms with Crippen LogP contribution in [0.3, 0.4) is 0 Å². The number of non-ortho nitro benzene ring substituents is 1. The van der Waals surface area contributed by atoms with Crippen LogP contribution in [0.15, 0.2) is 84.9 Å². The molecule has 10 heteroatoms. The monoisotopic (exact) mass is 586 g/mol. The number of nitro benzene ring substituents is 1. The Bertz CT molecular complexity index is 1460. The van der Waals surface area contributed by atoms with E-state index in [0.29, 0.717) is 13.1 Å². The highest BCUT2D eigenvalue weighted by molar-refractivity contribution is 5.85. The molecule has 2 aliphatic rings. The van der Waals surface area contributed by atoms with Crippen LogP contribution in [0.2, 0.25) is 0 Å². The first kappa shape index (κ1) is 30.3. The number of rotatable bonds is 9. The van der Waals surface area contributed by atoms with E-state index in [4.69, 9.17) is 5.73 Å². The van der Waals surface area contributed by atoms with E-state index in [9.17, 15) is 29.9 Å². The number of hydrogen-bond donors (Lipinski definition) is 4. The number of nitrogens with two attached hydrogens (primary N) is 1. The van der Waals surface area contributed by atoms with Gasteiger partial charge in [0.25, 0.3) is 5.69 Å². The molecule has 226 valence electrons. The molecule has 2 fully saturated rings. The molecular weight excluding hydrogens is 548 g/mol. The van der Waals surface area contributed by atoms with Crippen molar-refractivity contribution in [1.29, 1.82) is 0 Å². The maximum atomic E-state index is 13.7. The molecule has 5 unspecified atom stereocenters. The predicted octanol–water partition coefficient (Wildman–Crippen LogP) is 4.47. The Morgan fingerprint density at radius 2 is 1.51 bits per heavy atom. The number of likely N-dealkylation sites (tertiary alicyclic amines) is 1. The molecule has 5 atom stereocenters. The maximum absolute atomic E-state index is 13.7. The first-order valence-corrected chi connectivity index (χ1v) is 14.5. The summed E-state index contributed by atoms with van der Waals surface area (Å²) in [7, 11) is 0. The molecule has 0 radical (unpaired) electrons. The summed E-state index contributed by atoms with van der Waals surface area (Å²) in [6.45, 7) is 5.90. The first-order chi connectivity index (χ1) is 20.5. The van der Waals surface area contributed by atoms with Gasteiger partial charge in [0, 0.05) is 43.1 Å². The van der Waals surface area contributed by atoms with Crippen molar-refractivity contribution in [3.63, 3.8) is 0 Å². The first-order valence-electron chi connectivity index (χ1n) is 14.5. The predicted molar refractivity (Wildman–Crippen MR) is 161 cm³/mol. The number of carboxylic acids is 2. The number of carbonyl (C=O) groups is 2. The highest BCUT2D eigenvalue weighted by Gasteiger charge is 2.72. The SMILES string of the molecule is CC(C)C1(C(=O)O)C(C)NC(N)C(C(=O)O)(C2CN(C(c3ccccc3)c3ccccc3)C2)C1c1cccc([N+](=O)[O-])c1. The third-order valence-corrected chi connectivity index (χ3v) is 9.91. The number of nitrogens with one attached hydrogen (secondary N) is 1. The Hall–Kier alpha value is -4.12. The Morgan fingerprint density at radius 3 is 1.98 bits per heavy atom. The van der Waals surface area contributed by atoms with E-state index < -0.39 is 57.7 Å². The molecular formula is C33H38N4O6. The van der Waals surface area contributed by atoms with Crippen molar-refractivity contribution < 1.29 is 24.7 Å². The molecule has 5 N–H and O–H groups in total. The highest BCUT2D eigenvalue weighted by Crippen LogP contribution is 2.62. The maximum Gasteiger partial charge on any atom is 0.313 e. The lowest BCUT2D eigenvalue weighted by atomic mass is 9.45. The molecule has 3 aromatic carbocycles. The van der Waals surface area contributed by atoms with E-state index in [1.807, 2.05) is 60.7 Å². The van der Waals surface area contributed by atoms with Crippen LogP contribution in [0, 0.1) is 32.8 Å². The number of benzene rings is 3. The normalized spacial score (nSPS) is 28.0. The summed E-state index contributed by atoms with van der Waals surface area (Å²) in [5.41, 5.74) is 5.49. The summed E-state index contributed by atoms with van der Waals surface area (Å²) in [6, 6.07) is 24.7. The fourth-order valence-electron chi connectivity index (χ4n) is 7.96. The topological polar surface area (TPSA) is 159 Å². The van der Waals surface area contributed by atoms with Gasteiger partial charge in [0.15, 0.2) is 0 Å². The highest BCUT2D eigenvalue weighted by atomic mass is 16.6. The molecule has 3 aromatic rings. The number of carboxylic acid groups (broad SMARTS) is 2. The van der Waals surface area contributed by atoms with Gasteiger partial charge in [0.2, 0.25) is 0 Å². The third-order valence-electron chi connectivity index (χ3n) is 9.91. The molecule has 2 saturated heterocycles. The number of piperidine rings is 1. The second kappa shape index (κ2) is 11.5. The van der Waals surface area contributed by atoms with Gasteiger partial charge >= 0.3 is 11.9 Å². The number of hydrogen-bond acceptors (Lipinski definition) is 7. The van der Waals surface area contributed by atoms with Gasteiger partial charge in [-0.2, -0.15) is 0 Å². The van der Waals surface area contributed by atoms with Crippen LogP contribution < -0.4 is 11.1 Å². The summed E-state index contributed by atoms with van der Waals surface area (Å²) in [5.74, 6) is -4.65. The zero-order chi connectivity index (χ0) is 31.1. The van der Waals surface area contributed by atoms with E-state index in [-0.39, 0.29) is 17.3 Å². The minimum absolute atomic E-state index is 0.151. The van der Waals surface area contributed by atoms with Crippen molar-refractivity contribution in [2.45, 2.75) is 44.9 Å². The second-order valence-corrected chi connectivity index (χ2v) is 12.2.